The van der Waals surface area contributed by atoms with Crippen LogP contribution in [-0.4, -0.2) is 60.1 Å². The minimum Gasteiger partial charge on any atom is -1.00 e. The first-order chi connectivity index (χ1) is 16.2. The van der Waals surface area contributed by atoms with Crippen molar-refractivity contribution in [1.82, 2.24) is 10.0 Å². The average molecular weight is 497 g/mol. The zero-order chi connectivity index (χ0) is 24.0. The van der Waals surface area contributed by atoms with E-state index in [-0.39, 0.29) is 30.8 Å². The fraction of sp³-hybridized carbons (Fsp3) is 0.280. The molecule has 3 heterocycles. The SMILES string of the molecule is CN1C[N+](C)(C)Cc2cc(-c3ncc(-c4ccc(C(=O)ON5C(=O)CCC5=O)cc4)o3)ccc21.[Cl-]. The second-order valence-corrected chi connectivity index (χ2v) is 9.34. The van der Waals surface area contributed by atoms with Gasteiger partial charge in [0.05, 0.1) is 25.9 Å². The molecule has 1 aromatic heterocycles. The predicted molar refractivity (Wildman–Crippen MR) is 123 cm³/mol. The smallest absolute Gasteiger partial charge is 0.363 e. The molecule has 10 heteroatoms. The van der Waals surface area contributed by atoms with Crippen molar-refractivity contribution >= 4 is 23.5 Å². The Labute approximate surface area is 208 Å². The van der Waals surface area contributed by atoms with E-state index in [1.165, 1.54) is 11.3 Å². The molecule has 2 aliphatic rings. The van der Waals surface area contributed by atoms with E-state index in [4.69, 9.17) is 9.25 Å². The predicted octanol–water partition coefficient (Wildman–Crippen LogP) is 0.217. The highest BCUT2D eigenvalue weighted by Crippen LogP contribution is 2.33. The van der Waals surface area contributed by atoms with Crippen LogP contribution < -0.4 is 17.3 Å². The molecule has 0 bridgehead atoms. The lowest BCUT2D eigenvalue weighted by molar-refractivity contribution is -0.904. The number of fused-ring (bicyclic) bond motifs is 1. The van der Waals surface area contributed by atoms with Gasteiger partial charge in [0.15, 0.2) is 12.4 Å². The molecule has 2 aliphatic heterocycles. The van der Waals surface area contributed by atoms with E-state index in [1.807, 2.05) is 6.07 Å². The third-order valence-electron chi connectivity index (χ3n) is 6.02. The summed E-state index contributed by atoms with van der Waals surface area (Å²) in [6.45, 7) is 1.87. The van der Waals surface area contributed by atoms with Crippen molar-refractivity contribution in [2.45, 2.75) is 19.4 Å². The molecule has 3 aromatic rings. The number of quaternary nitrogens is 1. The van der Waals surface area contributed by atoms with Gasteiger partial charge in [0.25, 0.3) is 11.8 Å². The molecule has 0 aliphatic carbocycles. The number of anilines is 1. The van der Waals surface area contributed by atoms with Crippen molar-refractivity contribution in [3.05, 3.63) is 59.8 Å². The number of oxazole rings is 1. The summed E-state index contributed by atoms with van der Waals surface area (Å²) in [7, 11) is 6.51. The monoisotopic (exact) mass is 496 g/mol. The number of aromatic nitrogens is 1. The van der Waals surface area contributed by atoms with Gasteiger partial charge in [0, 0.05) is 42.3 Å². The second-order valence-electron chi connectivity index (χ2n) is 9.34. The minimum absolute atomic E-state index is 0. The first-order valence-electron chi connectivity index (χ1n) is 11.0. The number of imide groups is 1. The summed E-state index contributed by atoms with van der Waals surface area (Å²) in [5.41, 5.74) is 4.32. The molecule has 5 rings (SSSR count). The van der Waals surface area contributed by atoms with Crippen LogP contribution in [0.3, 0.4) is 0 Å². The summed E-state index contributed by atoms with van der Waals surface area (Å²) in [6.07, 6.45) is 1.75. The lowest BCUT2D eigenvalue weighted by Gasteiger charge is -2.40. The van der Waals surface area contributed by atoms with Crippen LogP contribution in [0.4, 0.5) is 5.69 Å². The Kier molecular flexibility index (Phi) is 6.40. The van der Waals surface area contributed by atoms with Crippen molar-refractivity contribution in [1.29, 1.82) is 0 Å². The molecule has 0 unspecified atom stereocenters. The topological polar surface area (TPSA) is 93.0 Å². The molecule has 182 valence electrons. The first kappa shape index (κ1) is 24.4. The van der Waals surface area contributed by atoms with Gasteiger partial charge in [0.2, 0.25) is 5.89 Å². The Balaban J connectivity index is 0.00000289. The van der Waals surface area contributed by atoms with E-state index >= 15 is 0 Å². The molecule has 1 saturated heterocycles. The Morgan fingerprint density at radius 2 is 1.69 bits per heavy atom. The number of carbonyl (C=O) groups excluding carboxylic acids is 3. The summed E-state index contributed by atoms with van der Waals surface area (Å²) in [5, 5.41) is 0.537. The Hall–Kier alpha value is -3.69. The van der Waals surface area contributed by atoms with Crippen molar-refractivity contribution in [3.63, 3.8) is 0 Å². The fourth-order valence-corrected chi connectivity index (χ4v) is 4.48. The maximum atomic E-state index is 12.3. The van der Waals surface area contributed by atoms with E-state index in [1.54, 1.807) is 30.5 Å². The number of rotatable bonds is 4. The van der Waals surface area contributed by atoms with Crippen LogP contribution in [0.1, 0.15) is 28.8 Å². The van der Waals surface area contributed by atoms with Crippen LogP contribution in [0.2, 0.25) is 0 Å². The van der Waals surface area contributed by atoms with Gasteiger partial charge in [-0.15, -0.1) is 5.06 Å². The number of benzene rings is 2. The van der Waals surface area contributed by atoms with E-state index in [2.05, 4.69) is 43.2 Å². The molecule has 35 heavy (non-hydrogen) atoms. The highest BCUT2D eigenvalue weighted by molar-refractivity contribution is 6.02. The molecule has 9 nitrogen and oxygen atoms in total. The Bertz CT molecular complexity index is 1290. The van der Waals surface area contributed by atoms with Crippen molar-refractivity contribution in [2.24, 2.45) is 0 Å². The van der Waals surface area contributed by atoms with Crippen LogP contribution in [0, 0.1) is 0 Å². The van der Waals surface area contributed by atoms with Gasteiger partial charge in [0.1, 0.15) is 6.54 Å². The van der Waals surface area contributed by atoms with Gasteiger partial charge >= 0.3 is 5.97 Å². The molecule has 1 fully saturated rings. The maximum Gasteiger partial charge on any atom is 0.363 e. The number of hydrogen-bond acceptors (Lipinski definition) is 7. The molecule has 0 radical (unpaired) electrons. The van der Waals surface area contributed by atoms with Crippen LogP contribution >= 0.6 is 0 Å². The average Bonchev–Trinajstić information content (AvgIpc) is 3.41. The molecule has 2 amide bonds. The quantitative estimate of drug-likeness (QED) is 0.377. The molecular weight excluding hydrogens is 472 g/mol. The number of nitrogens with zero attached hydrogens (tertiary/aromatic N) is 4. The van der Waals surface area contributed by atoms with Gasteiger partial charge in [-0.3, -0.25) is 9.59 Å². The lowest BCUT2D eigenvalue weighted by atomic mass is 10.0. The van der Waals surface area contributed by atoms with Crippen LogP contribution in [0.25, 0.3) is 22.8 Å². The van der Waals surface area contributed by atoms with Gasteiger partial charge in [-0.05, 0) is 30.3 Å². The summed E-state index contributed by atoms with van der Waals surface area (Å²) < 4.78 is 6.89. The lowest BCUT2D eigenvalue weighted by Crippen LogP contribution is -3.00. The van der Waals surface area contributed by atoms with Gasteiger partial charge in [-0.2, -0.15) is 0 Å². The van der Waals surface area contributed by atoms with Gasteiger partial charge in [-0.1, -0.05) is 12.1 Å². The highest BCUT2D eigenvalue weighted by atomic mass is 35.5. The van der Waals surface area contributed by atoms with Crippen molar-refractivity contribution in [2.75, 3.05) is 32.7 Å². The minimum atomic E-state index is -0.770. The highest BCUT2D eigenvalue weighted by Gasteiger charge is 2.33. The molecule has 0 spiro atoms. The van der Waals surface area contributed by atoms with E-state index in [0.717, 1.165) is 28.8 Å². The largest absolute Gasteiger partial charge is 1.00 e. The number of hydroxylamine groups is 2. The normalized spacial score (nSPS) is 16.7. The van der Waals surface area contributed by atoms with E-state index < -0.39 is 17.8 Å². The molecular formula is C25H25ClN4O5. The maximum absolute atomic E-state index is 12.3. The Morgan fingerprint density at radius 1 is 1.03 bits per heavy atom. The van der Waals surface area contributed by atoms with Crippen LogP contribution in [0.15, 0.2) is 53.1 Å². The first-order valence-corrected chi connectivity index (χ1v) is 11.0. The number of carbonyl (C=O) groups is 3. The standard InChI is InChI=1S/C25H25N4O5.ClH/c1-27-15-29(2,3)14-19-12-18(8-9-20(19)27)24-26-13-21(33-24)16-4-6-17(7-5-16)25(32)34-28-22(30)10-11-23(28)31;/h4-9,12-13H,10-11,14-15H2,1-3H3;1H/q+1;/p-1. The summed E-state index contributed by atoms with van der Waals surface area (Å²) >= 11 is 0. The summed E-state index contributed by atoms with van der Waals surface area (Å²) in [6, 6.07) is 12.8. The van der Waals surface area contributed by atoms with Crippen molar-refractivity contribution in [3.8, 4) is 22.8 Å². The van der Waals surface area contributed by atoms with Crippen LogP contribution in [0.5, 0.6) is 0 Å². The molecule has 0 N–H and O–H groups in total. The number of amides is 2. The summed E-state index contributed by atoms with van der Waals surface area (Å²) in [5.74, 6) is -0.716. The van der Waals surface area contributed by atoms with Crippen molar-refractivity contribution < 1.29 is 40.5 Å². The third-order valence-corrected chi connectivity index (χ3v) is 6.02. The van der Waals surface area contributed by atoms with E-state index in [0.29, 0.717) is 16.7 Å². The third kappa shape index (κ3) is 4.78. The van der Waals surface area contributed by atoms with Gasteiger partial charge in [-0.25, -0.2) is 9.78 Å². The summed E-state index contributed by atoms with van der Waals surface area (Å²) in [4.78, 5) is 47.2. The fourth-order valence-electron chi connectivity index (χ4n) is 4.48. The second kappa shape index (κ2) is 9.16. The zero-order valence-electron chi connectivity index (χ0n) is 19.7. The number of halogens is 1. The van der Waals surface area contributed by atoms with Gasteiger partial charge < -0.3 is 31.0 Å². The zero-order valence-corrected chi connectivity index (χ0v) is 20.4. The molecule has 2 aromatic carbocycles. The molecule has 0 atom stereocenters. The Morgan fingerprint density at radius 3 is 2.37 bits per heavy atom. The number of hydrogen-bond donors (Lipinski definition) is 0. The molecule has 0 saturated carbocycles. The van der Waals surface area contributed by atoms with Crippen LogP contribution in [-0.2, 0) is 21.0 Å². The van der Waals surface area contributed by atoms with E-state index in [9.17, 15) is 14.4 Å².